The molecule has 0 aromatic rings. The van der Waals surface area contributed by atoms with Crippen molar-refractivity contribution in [1.82, 2.24) is 4.90 Å². The zero-order valence-electron chi connectivity index (χ0n) is 10.8. The molecule has 1 unspecified atom stereocenters. The summed E-state index contributed by atoms with van der Waals surface area (Å²) in [5.74, 6) is 0.302. The second kappa shape index (κ2) is 5.36. The first-order valence-electron chi connectivity index (χ1n) is 6.76. The molecule has 2 aliphatic rings. The first-order chi connectivity index (χ1) is 8.17. The van der Waals surface area contributed by atoms with Gasteiger partial charge in [-0.05, 0) is 12.8 Å². The van der Waals surface area contributed by atoms with Gasteiger partial charge in [-0.3, -0.25) is 4.79 Å². The van der Waals surface area contributed by atoms with Gasteiger partial charge in [-0.1, -0.05) is 26.2 Å². The maximum absolute atomic E-state index is 12.7. The number of nitrogens with two attached hydrogens (primary N) is 1. The Kier molecular flexibility index (Phi) is 4.05. The lowest BCUT2D eigenvalue weighted by Crippen LogP contribution is -2.56. The van der Waals surface area contributed by atoms with Crippen LogP contribution in [0.3, 0.4) is 0 Å². The molecule has 0 bridgehead atoms. The molecule has 0 aromatic carbocycles. The number of hydrogen-bond acceptors (Lipinski definition) is 3. The Bertz CT molecular complexity index is 275. The minimum Gasteiger partial charge on any atom is -0.377 e. The van der Waals surface area contributed by atoms with Crippen molar-refractivity contribution in [1.29, 1.82) is 0 Å². The smallest absolute Gasteiger partial charge is 0.228 e. The number of morpholine rings is 1. The first-order valence-corrected chi connectivity index (χ1v) is 6.76. The molecule has 1 aliphatic carbocycles. The Hall–Kier alpha value is -0.610. The van der Waals surface area contributed by atoms with Crippen molar-refractivity contribution < 1.29 is 9.53 Å². The lowest BCUT2D eigenvalue weighted by Gasteiger charge is -2.42. The summed E-state index contributed by atoms with van der Waals surface area (Å²) in [6, 6.07) is 0.0787. The molecular formula is C13H24N2O2. The van der Waals surface area contributed by atoms with Gasteiger partial charge >= 0.3 is 0 Å². The number of carbonyl (C=O) groups is 1. The van der Waals surface area contributed by atoms with E-state index in [2.05, 4.69) is 6.92 Å². The molecule has 98 valence electrons. The van der Waals surface area contributed by atoms with Gasteiger partial charge in [0.25, 0.3) is 0 Å². The highest BCUT2D eigenvalue weighted by atomic mass is 16.5. The predicted octanol–water partition coefficient (Wildman–Crippen LogP) is 1.14. The average Bonchev–Trinajstić information content (AvgIpc) is 2.38. The highest BCUT2D eigenvalue weighted by Gasteiger charge is 2.40. The van der Waals surface area contributed by atoms with Crippen molar-refractivity contribution in [3.8, 4) is 0 Å². The van der Waals surface area contributed by atoms with Crippen molar-refractivity contribution in [3.63, 3.8) is 0 Å². The van der Waals surface area contributed by atoms with Crippen molar-refractivity contribution in [2.45, 2.75) is 45.1 Å². The molecule has 1 saturated heterocycles. The minimum absolute atomic E-state index is 0.0787. The third-order valence-electron chi connectivity index (χ3n) is 4.23. The van der Waals surface area contributed by atoms with Crippen LogP contribution in [0.1, 0.15) is 39.0 Å². The molecule has 0 radical (unpaired) electrons. The van der Waals surface area contributed by atoms with Gasteiger partial charge in [-0.25, -0.2) is 0 Å². The van der Waals surface area contributed by atoms with Crippen LogP contribution < -0.4 is 5.73 Å². The van der Waals surface area contributed by atoms with Crippen LogP contribution in [0.15, 0.2) is 0 Å². The molecule has 1 aliphatic heterocycles. The molecule has 2 fully saturated rings. The quantitative estimate of drug-likeness (QED) is 0.787. The van der Waals surface area contributed by atoms with Gasteiger partial charge in [0.15, 0.2) is 0 Å². The maximum atomic E-state index is 12.7. The third kappa shape index (κ3) is 2.63. The van der Waals surface area contributed by atoms with Crippen LogP contribution in [0, 0.1) is 5.41 Å². The van der Waals surface area contributed by atoms with E-state index in [0.717, 1.165) is 12.8 Å². The van der Waals surface area contributed by atoms with Gasteiger partial charge in [-0.2, -0.15) is 0 Å². The summed E-state index contributed by atoms with van der Waals surface area (Å²) in [6.45, 7) is 4.58. The number of hydrogen-bond donors (Lipinski definition) is 1. The lowest BCUT2D eigenvalue weighted by molar-refractivity contribution is -0.151. The van der Waals surface area contributed by atoms with Crippen LogP contribution in [-0.4, -0.2) is 43.2 Å². The van der Waals surface area contributed by atoms with Gasteiger partial charge in [0.2, 0.25) is 5.91 Å². The molecular weight excluding hydrogens is 216 g/mol. The van der Waals surface area contributed by atoms with Crippen LogP contribution in [0.4, 0.5) is 0 Å². The fourth-order valence-electron chi connectivity index (χ4n) is 3.01. The molecule has 1 amide bonds. The van der Waals surface area contributed by atoms with E-state index in [1.54, 1.807) is 0 Å². The molecule has 1 saturated carbocycles. The molecule has 17 heavy (non-hydrogen) atoms. The topological polar surface area (TPSA) is 55.6 Å². The van der Waals surface area contributed by atoms with Gasteiger partial charge in [0.1, 0.15) is 0 Å². The van der Waals surface area contributed by atoms with E-state index in [-0.39, 0.29) is 11.5 Å². The SMILES string of the molecule is CC1(C(=O)N2CCOCC2CN)CCCCC1. The zero-order valence-corrected chi connectivity index (χ0v) is 10.8. The number of carbonyl (C=O) groups excluding carboxylic acids is 1. The van der Waals surface area contributed by atoms with Crippen LogP contribution in [0.25, 0.3) is 0 Å². The maximum Gasteiger partial charge on any atom is 0.228 e. The van der Waals surface area contributed by atoms with E-state index in [1.165, 1.54) is 19.3 Å². The highest BCUT2D eigenvalue weighted by Crippen LogP contribution is 2.38. The molecule has 2 N–H and O–H groups in total. The molecule has 1 heterocycles. The van der Waals surface area contributed by atoms with E-state index in [1.807, 2.05) is 4.90 Å². The van der Waals surface area contributed by atoms with Gasteiger partial charge < -0.3 is 15.4 Å². The van der Waals surface area contributed by atoms with E-state index in [0.29, 0.717) is 32.2 Å². The number of amides is 1. The number of rotatable bonds is 2. The summed E-state index contributed by atoms with van der Waals surface area (Å²) < 4.78 is 5.40. The molecule has 0 spiro atoms. The Labute approximate surface area is 103 Å². The van der Waals surface area contributed by atoms with Crippen molar-refractivity contribution >= 4 is 5.91 Å². The van der Waals surface area contributed by atoms with Crippen LogP contribution in [0.2, 0.25) is 0 Å². The average molecular weight is 240 g/mol. The summed E-state index contributed by atoms with van der Waals surface area (Å²) in [6.07, 6.45) is 5.69. The fourth-order valence-corrected chi connectivity index (χ4v) is 3.01. The molecule has 4 heteroatoms. The van der Waals surface area contributed by atoms with Gasteiger partial charge in [0.05, 0.1) is 19.3 Å². The Morgan fingerprint density at radius 3 is 2.76 bits per heavy atom. The highest BCUT2D eigenvalue weighted by molar-refractivity contribution is 5.82. The molecule has 1 atom stereocenters. The Morgan fingerprint density at radius 2 is 2.12 bits per heavy atom. The minimum atomic E-state index is -0.150. The summed E-state index contributed by atoms with van der Waals surface area (Å²) in [5, 5.41) is 0. The van der Waals surface area contributed by atoms with Crippen molar-refractivity contribution in [2.24, 2.45) is 11.1 Å². The number of nitrogens with zero attached hydrogens (tertiary/aromatic N) is 1. The van der Waals surface area contributed by atoms with Crippen LogP contribution >= 0.6 is 0 Å². The summed E-state index contributed by atoms with van der Waals surface area (Å²) in [7, 11) is 0. The predicted molar refractivity (Wildman–Crippen MR) is 66.6 cm³/mol. The zero-order chi connectivity index (χ0) is 12.3. The first kappa shape index (κ1) is 12.8. The van der Waals surface area contributed by atoms with E-state index in [9.17, 15) is 4.79 Å². The van der Waals surface area contributed by atoms with Crippen LogP contribution in [-0.2, 0) is 9.53 Å². The summed E-state index contributed by atoms with van der Waals surface area (Å²) >= 11 is 0. The van der Waals surface area contributed by atoms with Gasteiger partial charge in [0, 0.05) is 18.5 Å². The van der Waals surface area contributed by atoms with Gasteiger partial charge in [-0.15, -0.1) is 0 Å². The number of ether oxygens (including phenoxy) is 1. The van der Waals surface area contributed by atoms with Crippen molar-refractivity contribution in [3.05, 3.63) is 0 Å². The summed E-state index contributed by atoms with van der Waals surface area (Å²) in [5.41, 5.74) is 5.58. The third-order valence-corrected chi connectivity index (χ3v) is 4.23. The molecule has 0 aromatic heterocycles. The Balaban J connectivity index is 2.06. The van der Waals surface area contributed by atoms with Crippen LogP contribution in [0.5, 0.6) is 0 Å². The second-order valence-corrected chi connectivity index (χ2v) is 5.58. The largest absolute Gasteiger partial charge is 0.377 e. The van der Waals surface area contributed by atoms with E-state index < -0.39 is 0 Å². The fraction of sp³-hybridized carbons (Fsp3) is 0.923. The standard InChI is InChI=1S/C13H24N2O2/c1-13(5-3-2-4-6-13)12(16)15-7-8-17-10-11(15)9-14/h11H,2-10,14H2,1H3. The lowest BCUT2D eigenvalue weighted by atomic mass is 9.74. The van der Waals surface area contributed by atoms with Crippen molar-refractivity contribution in [2.75, 3.05) is 26.3 Å². The second-order valence-electron chi connectivity index (χ2n) is 5.58. The molecule has 2 rings (SSSR count). The monoisotopic (exact) mass is 240 g/mol. The summed E-state index contributed by atoms with van der Waals surface area (Å²) in [4.78, 5) is 14.6. The normalized spacial score (nSPS) is 29.1. The molecule has 4 nitrogen and oxygen atoms in total. The Morgan fingerprint density at radius 1 is 1.41 bits per heavy atom. The van der Waals surface area contributed by atoms with E-state index in [4.69, 9.17) is 10.5 Å². The van der Waals surface area contributed by atoms with E-state index >= 15 is 0 Å².